The van der Waals surface area contributed by atoms with Gasteiger partial charge >= 0.3 is 0 Å². The molecule has 0 amide bonds. The SMILES string of the molecule is c1ccc(-c2nc(-c3cccc4oc5ccc(-c6ccc7c8ccccc8c8ccccc8c7c6)cc5c34)c3c(n2)nc2c4ccccc4c4ccccc4n23)cc1. The van der Waals surface area contributed by atoms with Crippen molar-refractivity contribution >= 4 is 92.7 Å². The minimum absolute atomic E-state index is 0.626. The van der Waals surface area contributed by atoms with Gasteiger partial charge in [0.15, 0.2) is 11.5 Å². The molecular weight excluding hydrogens is 709 g/mol. The average molecular weight is 739 g/mol. The normalized spacial score (nSPS) is 12.1. The Labute approximate surface area is 331 Å². The number of rotatable bonds is 3. The van der Waals surface area contributed by atoms with Gasteiger partial charge in [0.1, 0.15) is 28.0 Å². The summed E-state index contributed by atoms with van der Waals surface area (Å²) in [6, 6.07) is 64.4. The molecule has 4 heterocycles. The van der Waals surface area contributed by atoms with E-state index in [1.807, 2.05) is 18.2 Å². The van der Waals surface area contributed by atoms with E-state index < -0.39 is 0 Å². The zero-order valence-electron chi connectivity index (χ0n) is 31.0. The third-order valence-electron chi connectivity index (χ3n) is 12.0. The van der Waals surface area contributed by atoms with E-state index in [4.69, 9.17) is 19.4 Å². The molecule has 0 fully saturated rings. The molecule has 5 heteroatoms. The molecular formula is C53H30N4O. The van der Waals surface area contributed by atoms with Crippen LogP contribution in [0.5, 0.6) is 0 Å². The van der Waals surface area contributed by atoms with Crippen molar-refractivity contribution in [1.82, 2.24) is 19.4 Å². The van der Waals surface area contributed by atoms with Crippen LogP contribution in [0.25, 0.3) is 127 Å². The van der Waals surface area contributed by atoms with Gasteiger partial charge < -0.3 is 4.42 Å². The van der Waals surface area contributed by atoms with E-state index in [0.717, 1.165) is 82.7 Å². The van der Waals surface area contributed by atoms with Gasteiger partial charge in [-0.1, -0.05) is 152 Å². The number of aromatic nitrogens is 4. The lowest BCUT2D eigenvalue weighted by atomic mass is 9.92. The predicted octanol–water partition coefficient (Wildman–Crippen LogP) is 13.9. The summed E-state index contributed by atoms with van der Waals surface area (Å²) < 4.78 is 8.90. The lowest BCUT2D eigenvalue weighted by Gasteiger charge is -2.12. The molecule has 0 aliphatic heterocycles. The summed E-state index contributed by atoms with van der Waals surface area (Å²) >= 11 is 0. The zero-order chi connectivity index (χ0) is 37.9. The van der Waals surface area contributed by atoms with E-state index >= 15 is 0 Å². The van der Waals surface area contributed by atoms with E-state index in [-0.39, 0.29) is 0 Å². The molecule has 0 radical (unpaired) electrons. The molecule has 13 rings (SSSR count). The van der Waals surface area contributed by atoms with Crippen LogP contribution in [-0.4, -0.2) is 19.4 Å². The number of benzene rings is 9. The van der Waals surface area contributed by atoms with Crippen LogP contribution < -0.4 is 0 Å². The van der Waals surface area contributed by atoms with Crippen molar-refractivity contribution in [3.05, 3.63) is 182 Å². The third-order valence-corrected chi connectivity index (χ3v) is 12.0. The Balaban J connectivity index is 1.11. The quantitative estimate of drug-likeness (QED) is 0.169. The van der Waals surface area contributed by atoms with Gasteiger partial charge in [-0.25, -0.2) is 15.0 Å². The molecule has 0 saturated heterocycles. The van der Waals surface area contributed by atoms with E-state index in [0.29, 0.717) is 11.5 Å². The topological polar surface area (TPSA) is 56.2 Å². The standard InChI is InChI=1S/C53H30N4O/c1-2-13-31(14-3-1)51-54-49(50-52(55-51)56-53-41-21-9-8-19-38(41)40-20-10-11-23-45(40)57(50)53)42-22-12-24-47-48(42)44-30-33(26-28-46(44)58-47)32-25-27-39-36-17-5-4-15-34(36)35-16-6-7-18-37(35)43(39)29-32/h1-30H. The summed E-state index contributed by atoms with van der Waals surface area (Å²) in [6.45, 7) is 0. The fraction of sp³-hybridized carbons (Fsp3) is 0. The van der Waals surface area contributed by atoms with Crippen molar-refractivity contribution < 1.29 is 4.42 Å². The Morgan fingerprint density at radius 3 is 1.71 bits per heavy atom. The van der Waals surface area contributed by atoms with Crippen molar-refractivity contribution in [3.8, 4) is 33.8 Å². The van der Waals surface area contributed by atoms with E-state index in [1.54, 1.807) is 0 Å². The first-order valence-electron chi connectivity index (χ1n) is 19.6. The van der Waals surface area contributed by atoms with Crippen molar-refractivity contribution in [2.24, 2.45) is 0 Å². The number of hydrogen-bond donors (Lipinski definition) is 0. The zero-order valence-corrected chi connectivity index (χ0v) is 31.0. The van der Waals surface area contributed by atoms with Crippen LogP contribution in [-0.2, 0) is 0 Å². The Morgan fingerprint density at radius 1 is 0.379 bits per heavy atom. The third kappa shape index (κ3) is 4.38. The molecule has 0 bridgehead atoms. The van der Waals surface area contributed by atoms with E-state index in [9.17, 15) is 0 Å². The summed E-state index contributed by atoms with van der Waals surface area (Å²) in [6.07, 6.45) is 0. The molecule has 0 spiro atoms. The fourth-order valence-electron chi connectivity index (χ4n) is 9.40. The first kappa shape index (κ1) is 31.3. The van der Waals surface area contributed by atoms with E-state index in [1.165, 1.54) is 32.3 Å². The molecule has 13 aromatic rings. The van der Waals surface area contributed by atoms with Crippen LogP contribution in [0.2, 0.25) is 0 Å². The molecule has 0 aliphatic carbocycles. The van der Waals surface area contributed by atoms with Gasteiger partial charge in [-0.05, 0) is 79.2 Å². The number of hydrogen-bond acceptors (Lipinski definition) is 4. The lowest BCUT2D eigenvalue weighted by molar-refractivity contribution is 0.669. The predicted molar refractivity (Wildman–Crippen MR) is 239 cm³/mol. The maximum atomic E-state index is 6.64. The number of fused-ring (bicyclic) bond motifs is 17. The molecule has 9 aromatic carbocycles. The minimum atomic E-state index is 0.626. The monoisotopic (exact) mass is 738 g/mol. The lowest BCUT2D eigenvalue weighted by Crippen LogP contribution is -1.98. The smallest absolute Gasteiger partial charge is 0.183 e. The van der Waals surface area contributed by atoms with Crippen molar-refractivity contribution in [2.75, 3.05) is 0 Å². The number of furan rings is 1. The summed E-state index contributed by atoms with van der Waals surface area (Å²) in [4.78, 5) is 15.9. The van der Waals surface area contributed by atoms with Gasteiger partial charge in [-0.2, -0.15) is 0 Å². The van der Waals surface area contributed by atoms with Crippen LogP contribution in [0.15, 0.2) is 186 Å². The largest absolute Gasteiger partial charge is 0.456 e. The second-order valence-electron chi connectivity index (χ2n) is 15.1. The maximum Gasteiger partial charge on any atom is 0.183 e. The molecule has 0 atom stereocenters. The number of nitrogens with zero attached hydrogens (tertiary/aromatic N) is 4. The highest BCUT2D eigenvalue weighted by molar-refractivity contribution is 6.26. The summed E-state index contributed by atoms with van der Waals surface area (Å²) in [5, 5.41) is 13.0. The van der Waals surface area contributed by atoms with Crippen molar-refractivity contribution in [2.45, 2.75) is 0 Å². The Hall–Kier alpha value is -7.89. The van der Waals surface area contributed by atoms with Crippen LogP contribution in [0.3, 0.4) is 0 Å². The Kier molecular flexibility index (Phi) is 6.38. The van der Waals surface area contributed by atoms with Gasteiger partial charge in [0.2, 0.25) is 0 Å². The summed E-state index contributed by atoms with van der Waals surface area (Å²) in [5.74, 6) is 0.626. The number of pyridine rings is 1. The summed E-state index contributed by atoms with van der Waals surface area (Å²) in [5.41, 5.74) is 10.0. The molecule has 58 heavy (non-hydrogen) atoms. The van der Waals surface area contributed by atoms with Gasteiger partial charge in [0.25, 0.3) is 0 Å². The van der Waals surface area contributed by atoms with Crippen molar-refractivity contribution in [3.63, 3.8) is 0 Å². The fourth-order valence-corrected chi connectivity index (χ4v) is 9.40. The Bertz CT molecular complexity index is 3830. The molecule has 268 valence electrons. The maximum absolute atomic E-state index is 6.64. The Morgan fingerprint density at radius 2 is 0.966 bits per heavy atom. The van der Waals surface area contributed by atoms with Crippen LogP contribution in [0.1, 0.15) is 0 Å². The van der Waals surface area contributed by atoms with Crippen LogP contribution in [0, 0.1) is 0 Å². The first-order chi connectivity index (χ1) is 28.8. The van der Waals surface area contributed by atoms with Gasteiger partial charge in [-0.3, -0.25) is 4.40 Å². The average Bonchev–Trinajstić information content (AvgIpc) is 3.88. The van der Waals surface area contributed by atoms with Crippen molar-refractivity contribution in [1.29, 1.82) is 0 Å². The number of imidazole rings is 1. The van der Waals surface area contributed by atoms with Crippen LogP contribution in [0.4, 0.5) is 0 Å². The van der Waals surface area contributed by atoms with E-state index in [2.05, 4.69) is 168 Å². The van der Waals surface area contributed by atoms with Crippen LogP contribution >= 0.6 is 0 Å². The first-order valence-corrected chi connectivity index (χ1v) is 19.6. The molecule has 0 saturated carbocycles. The van der Waals surface area contributed by atoms with Gasteiger partial charge in [0.05, 0.1) is 5.52 Å². The molecule has 5 nitrogen and oxygen atoms in total. The highest BCUT2D eigenvalue weighted by Crippen LogP contribution is 2.43. The molecule has 0 N–H and O–H groups in total. The highest BCUT2D eigenvalue weighted by Gasteiger charge is 2.23. The molecule has 4 aromatic heterocycles. The highest BCUT2D eigenvalue weighted by atomic mass is 16.3. The van der Waals surface area contributed by atoms with Gasteiger partial charge in [0, 0.05) is 32.7 Å². The molecule has 0 aliphatic rings. The summed E-state index contributed by atoms with van der Waals surface area (Å²) in [7, 11) is 0. The second-order valence-corrected chi connectivity index (χ2v) is 15.1. The minimum Gasteiger partial charge on any atom is -0.456 e. The second kappa shape index (κ2) is 11.8. The molecule has 0 unspecified atom stereocenters. The number of para-hydroxylation sites is 1. The van der Waals surface area contributed by atoms with Gasteiger partial charge in [-0.15, -0.1) is 0 Å².